The Hall–Kier alpha value is -1.94. The molecular weight excluding hydrogens is 286 g/mol. The summed E-state index contributed by atoms with van der Waals surface area (Å²) in [5.41, 5.74) is 8.07. The van der Waals surface area contributed by atoms with Crippen LogP contribution in [0.4, 0.5) is 5.69 Å². The fourth-order valence-corrected chi connectivity index (χ4v) is 2.36. The maximum atomic E-state index is 12.6. The number of nitrogen functional groups attached to an aromatic ring is 1. The Bertz CT molecular complexity index is 631. The van der Waals surface area contributed by atoms with E-state index in [0.29, 0.717) is 22.9 Å². The van der Waals surface area contributed by atoms with Gasteiger partial charge in [0.25, 0.3) is 5.91 Å². The van der Waals surface area contributed by atoms with Gasteiger partial charge in [0.1, 0.15) is 5.69 Å². The summed E-state index contributed by atoms with van der Waals surface area (Å²) in [7, 11) is 1.78. The van der Waals surface area contributed by atoms with Crippen LogP contribution in [0.1, 0.15) is 35.9 Å². The highest BCUT2D eigenvalue weighted by Crippen LogP contribution is 2.19. The van der Waals surface area contributed by atoms with Gasteiger partial charge in [-0.1, -0.05) is 23.7 Å². The van der Waals surface area contributed by atoms with Crippen molar-refractivity contribution in [3.8, 4) is 0 Å². The second-order valence-corrected chi connectivity index (χ2v) is 5.88. The monoisotopic (exact) mass is 305 g/mol. The minimum atomic E-state index is -0.0460. The average molecular weight is 306 g/mol. The van der Waals surface area contributed by atoms with Gasteiger partial charge in [0.2, 0.25) is 0 Å². The van der Waals surface area contributed by atoms with Crippen molar-refractivity contribution in [3.05, 3.63) is 52.8 Å². The topological polar surface area (TPSA) is 51.3 Å². The number of rotatable bonds is 4. The third-order valence-corrected chi connectivity index (χ3v) is 3.58. The van der Waals surface area contributed by atoms with Crippen molar-refractivity contribution in [2.24, 2.45) is 0 Å². The van der Waals surface area contributed by atoms with Crippen LogP contribution in [0, 0.1) is 0 Å². The lowest BCUT2D eigenvalue weighted by Gasteiger charge is -2.20. The smallest absolute Gasteiger partial charge is 0.270 e. The highest BCUT2D eigenvalue weighted by Gasteiger charge is 2.18. The molecule has 4 nitrogen and oxygen atoms in total. The van der Waals surface area contributed by atoms with E-state index in [9.17, 15) is 4.79 Å². The standard InChI is InChI=1S/C16H20ClN3O/c1-11(2)20-10-14(18)8-15(20)16(21)19(3)9-12-4-6-13(17)7-5-12/h4-8,10-11H,9,18H2,1-3H3. The molecule has 0 aliphatic heterocycles. The Balaban J connectivity index is 2.17. The molecule has 2 N–H and O–H groups in total. The van der Waals surface area contributed by atoms with Crippen LogP contribution in [-0.2, 0) is 6.54 Å². The predicted octanol–water partition coefficient (Wildman–Crippen LogP) is 3.58. The molecule has 0 radical (unpaired) electrons. The van der Waals surface area contributed by atoms with Crippen LogP contribution < -0.4 is 5.73 Å². The van der Waals surface area contributed by atoms with Crippen LogP contribution in [0.2, 0.25) is 5.02 Å². The SMILES string of the molecule is CC(C)n1cc(N)cc1C(=O)N(C)Cc1ccc(Cl)cc1. The molecule has 0 saturated heterocycles. The fourth-order valence-electron chi connectivity index (χ4n) is 2.23. The van der Waals surface area contributed by atoms with Gasteiger partial charge in [-0.3, -0.25) is 4.79 Å². The molecule has 0 saturated carbocycles. The van der Waals surface area contributed by atoms with Gasteiger partial charge in [0.05, 0.1) is 5.69 Å². The number of halogens is 1. The minimum Gasteiger partial charge on any atom is -0.397 e. The summed E-state index contributed by atoms with van der Waals surface area (Å²) in [6.45, 7) is 4.57. The van der Waals surface area contributed by atoms with Crippen molar-refractivity contribution in [1.82, 2.24) is 9.47 Å². The van der Waals surface area contributed by atoms with E-state index in [0.717, 1.165) is 5.56 Å². The number of hydrogen-bond donors (Lipinski definition) is 1. The molecule has 1 aromatic heterocycles. The van der Waals surface area contributed by atoms with E-state index in [-0.39, 0.29) is 11.9 Å². The Morgan fingerprint density at radius 2 is 1.95 bits per heavy atom. The Morgan fingerprint density at radius 1 is 1.33 bits per heavy atom. The number of nitrogens with two attached hydrogens (primary N) is 1. The molecule has 1 heterocycles. The van der Waals surface area contributed by atoms with Crippen LogP contribution in [0.25, 0.3) is 0 Å². The number of nitrogens with zero attached hydrogens (tertiary/aromatic N) is 2. The van der Waals surface area contributed by atoms with Crippen LogP contribution in [0.5, 0.6) is 0 Å². The third-order valence-electron chi connectivity index (χ3n) is 3.32. The van der Waals surface area contributed by atoms with E-state index in [1.807, 2.05) is 42.7 Å². The summed E-state index contributed by atoms with van der Waals surface area (Å²) < 4.78 is 1.90. The first-order valence-electron chi connectivity index (χ1n) is 6.85. The van der Waals surface area contributed by atoms with E-state index < -0.39 is 0 Å². The first kappa shape index (κ1) is 15.4. The summed E-state index contributed by atoms with van der Waals surface area (Å²) in [5.74, 6) is -0.0460. The average Bonchev–Trinajstić information content (AvgIpc) is 2.82. The molecule has 2 rings (SSSR count). The molecule has 112 valence electrons. The molecule has 0 bridgehead atoms. The van der Waals surface area contributed by atoms with E-state index in [2.05, 4.69) is 0 Å². The summed E-state index contributed by atoms with van der Waals surface area (Å²) in [6, 6.07) is 9.39. The summed E-state index contributed by atoms with van der Waals surface area (Å²) in [5, 5.41) is 0.689. The first-order chi connectivity index (χ1) is 9.88. The van der Waals surface area contributed by atoms with Crippen LogP contribution >= 0.6 is 11.6 Å². The van der Waals surface area contributed by atoms with Crippen LogP contribution in [-0.4, -0.2) is 22.4 Å². The number of benzene rings is 1. The van der Waals surface area contributed by atoms with Crippen molar-refractivity contribution in [2.45, 2.75) is 26.4 Å². The van der Waals surface area contributed by atoms with E-state index in [4.69, 9.17) is 17.3 Å². The molecule has 0 spiro atoms. The number of anilines is 1. The molecule has 21 heavy (non-hydrogen) atoms. The highest BCUT2D eigenvalue weighted by atomic mass is 35.5. The summed E-state index contributed by atoms with van der Waals surface area (Å²) in [6.07, 6.45) is 1.80. The van der Waals surface area contributed by atoms with Crippen molar-refractivity contribution in [2.75, 3.05) is 12.8 Å². The minimum absolute atomic E-state index is 0.0460. The van der Waals surface area contributed by atoms with Crippen molar-refractivity contribution < 1.29 is 4.79 Å². The lowest BCUT2D eigenvalue weighted by atomic mass is 10.2. The number of carbonyl (C=O) groups excluding carboxylic acids is 1. The molecule has 1 amide bonds. The van der Waals surface area contributed by atoms with E-state index >= 15 is 0 Å². The highest BCUT2D eigenvalue weighted by molar-refractivity contribution is 6.30. The van der Waals surface area contributed by atoms with Crippen molar-refractivity contribution in [1.29, 1.82) is 0 Å². The normalized spacial score (nSPS) is 10.9. The summed E-state index contributed by atoms with van der Waals surface area (Å²) >= 11 is 5.87. The molecule has 0 fully saturated rings. The Labute approximate surface area is 130 Å². The summed E-state index contributed by atoms with van der Waals surface area (Å²) in [4.78, 5) is 14.3. The van der Waals surface area contributed by atoms with Crippen LogP contribution in [0.15, 0.2) is 36.5 Å². The zero-order valence-corrected chi connectivity index (χ0v) is 13.3. The van der Waals surface area contributed by atoms with Gasteiger partial charge in [0.15, 0.2) is 0 Å². The molecule has 2 aromatic rings. The van der Waals surface area contributed by atoms with Gasteiger partial charge in [0, 0.05) is 30.9 Å². The van der Waals surface area contributed by atoms with Gasteiger partial charge in [-0.25, -0.2) is 0 Å². The predicted molar refractivity (Wildman–Crippen MR) is 86.5 cm³/mol. The Morgan fingerprint density at radius 3 is 2.52 bits per heavy atom. The molecular formula is C16H20ClN3O. The van der Waals surface area contributed by atoms with Crippen LogP contribution in [0.3, 0.4) is 0 Å². The molecule has 5 heteroatoms. The number of carbonyl (C=O) groups is 1. The molecule has 0 aliphatic carbocycles. The first-order valence-corrected chi connectivity index (χ1v) is 7.23. The zero-order valence-electron chi connectivity index (χ0n) is 12.5. The molecule has 0 aliphatic rings. The van der Waals surface area contributed by atoms with Gasteiger partial charge < -0.3 is 15.2 Å². The lowest BCUT2D eigenvalue weighted by Crippen LogP contribution is -2.28. The largest absolute Gasteiger partial charge is 0.397 e. The van der Waals surface area contributed by atoms with E-state index in [1.54, 1.807) is 24.2 Å². The quantitative estimate of drug-likeness (QED) is 0.938. The third kappa shape index (κ3) is 3.58. The Kier molecular flexibility index (Phi) is 4.58. The number of hydrogen-bond acceptors (Lipinski definition) is 2. The van der Waals surface area contributed by atoms with Crippen molar-refractivity contribution in [3.63, 3.8) is 0 Å². The molecule has 0 unspecified atom stereocenters. The lowest BCUT2D eigenvalue weighted by molar-refractivity contribution is 0.0773. The fraction of sp³-hybridized carbons (Fsp3) is 0.312. The number of amides is 1. The van der Waals surface area contributed by atoms with Gasteiger partial charge in [-0.2, -0.15) is 0 Å². The maximum absolute atomic E-state index is 12.6. The zero-order chi connectivity index (χ0) is 15.6. The van der Waals surface area contributed by atoms with Gasteiger partial charge in [-0.15, -0.1) is 0 Å². The second kappa shape index (κ2) is 6.22. The molecule has 0 atom stereocenters. The number of aromatic nitrogens is 1. The van der Waals surface area contributed by atoms with Crippen molar-refractivity contribution >= 4 is 23.2 Å². The van der Waals surface area contributed by atoms with E-state index in [1.165, 1.54) is 0 Å². The maximum Gasteiger partial charge on any atom is 0.270 e. The molecule has 1 aromatic carbocycles. The van der Waals surface area contributed by atoms with Gasteiger partial charge >= 0.3 is 0 Å². The second-order valence-electron chi connectivity index (χ2n) is 5.45. The van der Waals surface area contributed by atoms with Gasteiger partial charge in [-0.05, 0) is 37.6 Å².